The lowest BCUT2D eigenvalue weighted by Gasteiger charge is -2.28. The van der Waals surface area contributed by atoms with E-state index in [1.54, 1.807) is 31.4 Å². The minimum absolute atomic E-state index is 0.0269. The van der Waals surface area contributed by atoms with Gasteiger partial charge in [0, 0.05) is 18.3 Å². The number of benzene rings is 1. The second kappa shape index (κ2) is 6.46. The van der Waals surface area contributed by atoms with E-state index in [4.69, 9.17) is 10.5 Å². The topological polar surface area (TPSA) is 55.6 Å². The Labute approximate surface area is 120 Å². The number of ether oxygens (including phenoxy) is 1. The Morgan fingerprint density at radius 3 is 2.80 bits per heavy atom. The lowest BCUT2D eigenvalue weighted by atomic mass is 10.1. The van der Waals surface area contributed by atoms with Crippen LogP contribution in [-0.2, 0) is 0 Å². The highest BCUT2D eigenvalue weighted by atomic mass is 16.5. The lowest BCUT2D eigenvalue weighted by Crippen LogP contribution is -2.39. The van der Waals surface area contributed by atoms with Crippen LogP contribution in [0.15, 0.2) is 30.9 Å². The van der Waals surface area contributed by atoms with Crippen molar-refractivity contribution in [1.82, 2.24) is 4.90 Å². The summed E-state index contributed by atoms with van der Waals surface area (Å²) >= 11 is 0. The Morgan fingerprint density at radius 2 is 2.20 bits per heavy atom. The van der Waals surface area contributed by atoms with Gasteiger partial charge in [0.1, 0.15) is 5.75 Å². The second-order valence-electron chi connectivity index (χ2n) is 5.14. The van der Waals surface area contributed by atoms with Crippen molar-refractivity contribution in [3.63, 3.8) is 0 Å². The lowest BCUT2D eigenvalue weighted by molar-refractivity contribution is 0.0703. The third-order valence-corrected chi connectivity index (χ3v) is 3.81. The molecule has 1 amide bonds. The molecule has 1 saturated carbocycles. The molecule has 0 spiro atoms. The van der Waals surface area contributed by atoms with Gasteiger partial charge >= 0.3 is 0 Å². The zero-order valence-corrected chi connectivity index (χ0v) is 12.0. The fraction of sp³-hybridized carbons (Fsp3) is 0.438. The van der Waals surface area contributed by atoms with Gasteiger partial charge in [0.25, 0.3) is 5.91 Å². The summed E-state index contributed by atoms with van der Waals surface area (Å²) in [6.07, 6.45) is 6.25. The van der Waals surface area contributed by atoms with Crippen LogP contribution in [0.3, 0.4) is 0 Å². The molecule has 2 rings (SSSR count). The minimum atomic E-state index is -0.0269. The molecule has 1 aliphatic rings. The number of anilines is 1. The first-order chi connectivity index (χ1) is 9.67. The van der Waals surface area contributed by atoms with Crippen LogP contribution in [0.1, 0.15) is 36.0 Å². The molecule has 108 valence electrons. The van der Waals surface area contributed by atoms with E-state index in [0.29, 0.717) is 29.6 Å². The van der Waals surface area contributed by atoms with Gasteiger partial charge < -0.3 is 15.4 Å². The van der Waals surface area contributed by atoms with E-state index in [-0.39, 0.29) is 5.91 Å². The number of methoxy groups -OCH3 is 1. The van der Waals surface area contributed by atoms with Gasteiger partial charge in [-0.2, -0.15) is 0 Å². The highest BCUT2D eigenvalue weighted by Gasteiger charge is 2.28. The van der Waals surface area contributed by atoms with Gasteiger partial charge in [0.15, 0.2) is 0 Å². The molecule has 0 radical (unpaired) electrons. The van der Waals surface area contributed by atoms with Crippen molar-refractivity contribution >= 4 is 11.6 Å². The summed E-state index contributed by atoms with van der Waals surface area (Å²) in [5.74, 6) is 0.539. The number of amides is 1. The largest absolute Gasteiger partial charge is 0.496 e. The van der Waals surface area contributed by atoms with Gasteiger partial charge in [-0.25, -0.2) is 0 Å². The quantitative estimate of drug-likeness (QED) is 0.663. The molecule has 4 nitrogen and oxygen atoms in total. The van der Waals surface area contributed by atoms with Crippen LogP contribution in [0, 0.1) is 0 Å². The van der Waals surface area contributed by atoms with E-state index < -0.39 is 0 Å². The molecular weight excluding hydrogens is 252 g/mol. The molecule has 0 heterocycles. The Hall–Kier alpha value is -1.97. The number of nitrogens with zero attached hydrogens (tertiary/aromatic N) is 1. The minimum Gasteiger partial charge on any atom is -0.496 e. The third kappa shape index (κ3) is 2.95. The maximum atomic E-state index is 12.8. The monoisotopic (exact) mass is 274 g/mol. The van der Waals surface area contributed by atoms with E-state index in [2.05, 4.69) is 6.58 Å². The zero-order chi connectivity index (χ0) is 14.5. The van der Waals surface area contributed by atoms with Crippen LogP contribution in [0.5, 0.6) is 5.75 Å². The molecule has 0 aromatic heterocycles. The molecule has 1 fully saturated rings. The molecular formula is C16H22N2O2. The summed E-state index contributed by atoms with van der Waals surface area (Å²) < 4.78 is 5.28. The molecule has 2 N–H and O–H groups in total. The highest BCUT2D eigenvalue weighted by Crippen LogP contribution is 2.28. The number of carbonyl (C=O) groups is 1. The van der Waals surface area contributed by atoms with Crippen LogP contribution >= 0.6 is 0 Å². The first-order valence-electron chi connectivity index (χ1n) is 7.02. The highest BCUT2D eigenvalue weighted by molar-refractivity contribution is 5.98. The van der Waals surface area contributed by atoms with Crippen molar-refractivity contribution in [2.24, 2.45) is 0 Å². The van der Waals surface area contributed by atoms with Gasteiger partial charge in [-0.1, -0.05) is 18.9 Å². The number of nitrogens with two attached hydrogens (primary N) is 1. The summed E-state index contributed by atoms with van der Waals surface area (Å²) in [5, 5.41) is 0. The molecule has 1 aromatic rings. The van der Waals surface area contributed by atoms with Gasteiger partial charge in [0.05, 0.1) is 12.7 Å². The number of carbonyl (C=O) groups excluding carboxylic acids is 1. The second-order valence-corrected chi connectivity index (χ2v) is 5.14. The maximum absolute atomic E-state index is 12.8. The van der Waals surface area contributed by atoms with Gasteiger partial charge in [-0.05, 0) is 31.0 Å². The van der Waals surface area contributed by atoms with Crippen LogP contribution in [0.2, 0.25) is 0 Å². The molecule has 0 bridgehead atoms. The average Bonchev–Trinajstić information content (AvgIpc) is 2.98. The Morgan fingerprint density at radius 1 is 1.50 bits per heavy atom. The molecule has 1 aromatic carbocycles. The van der Waals surface area contributed by atoms with E-state index in [1.807, 2.05) is 4.90 Å². The Balaban J connectivity index is 2.30. The molecule has 1 aliphatic carbocycles. The van der Waals surface area contributed by atoms with Crippen molar-refractivity contribution in [2.45, 2.75) is 31.7 Å². The van der Waals surface area contributed by atoms with E-state index >= 15 is 0 Å². The van der Waals surface area contributed by atoms with Gasteiger partial charge in [0.2, 0.25) is 0 Å². The normalized spacial score (nSPS) is 15.1. The van der Waals surface area contributed by atoms with Crippen molar-refractivity contribution in [1.29, 1.82) is 0 Å². The van der Waals surface area contributed by atoms with Crippen molar-refractivity contribution in [3.8, 4) is 5.75 Å². The smallest absolute Gasteiger partial charge is 0.258 e. The van der Waals surface area contributed by atoms with Crippen LogP contribution in [0.4, 0.5) is 5.69 Å². The average molecular weight is 274 g/mol. The van der Waals surface area contributed by atoms with E-state index in [1.165, 1.54) is 12.8 Å². The van der Waals surface area contributed by atoms with Crippen LogP contribution in [0.25, 0.3) is 0 Å². The first kappa shape index (κ1) is 14.4. The third-order valence-electron chi connectivity index (χ3n) is 3.81. The summed E-state index contributed by atoms with van der Waals surface area (Å²) in [4.78, 5) is 14.7. The molecule has 0 unspecified atom stereocenters. The number of nitrogen functional groups attached to an aromatic ring is 1. The molecule has 0 aliphatic heterocycles. The fourth-order valence-corrected chi connectivity index (χ4v) is 2.80. The predicted octanol–water partition coefficient (Wildman–Crippen LogP) is 2.85. The number of rotatable bonds is 5. The molecule has 0 atom stereocenters. The predicted molar refractivity (Wildman–Crippen MR) is 80.9 cm³/mol. The summed E-state index contributed by atoms with van der Waals surface area (Å²) in [6.45, 7) is 4.32. The van der Waals surface area contributed by atoms with Crippen LogP contribution in [-0.4, -0.2) is 30.5 Å². The molecule has 4 heteroatoms. The van der Waals surface area contributed by atoms with Gasteiger partial charge in [-0.3, -0.25) is 4.79 Å². The van der Waals surface area contributed by atoms with Crippen molar-refractivity contribution < 1.29 is 9.53 Å². The number of hydrogen-bond acceptors (Lipinski definition) is 3. The van der Waals surface area contributed by atoms with Crippen molar-refractivity contribution in [3.05, 3.63) is 36.4 Å². The van der Waals surface area contributed by atoms with E-state index in [0.717, 1.165) is 12.8 Å². The first-order valence-corrected chi connectivity index (χ1v) is 7.02. The summed E-state index contributed by atoms with van der Waals surface area (Å²) in [7, 11) is 1.57. The molecule has 0 saturated heterocycles. The number of hydrogen-bond donors (Lipinski definition) is 1. The Kier molecular flexibility index (Phi) is 4.66. The van der Waals surface area contributed by atoms with Gasteiger partial charge in [-0.15, -0.1) is 6.58 Å². The summed E-state index contributed by atoms with van der Waals surface area (Å²) in [5.41, 5.74) is 6.90. The van der Waals surface area contributed by atoms with Crippen LogP contribution < -0.4 is 10.5 Å². The SMILES string of the molecule is C=CCN(C(=O)c1cc(N)ccc1OC)C1CCCC1. The van der Waals surface area contributed by atoms with E-state index in [9.17, 15) is 4.79 Å². The zero-order valence-electron chi connectivity index (χ0n) is 12.0. The maximum Gasteiger partial charge on any atom is 0.258 e. The van der Waals surface area contributed by atoms with Crippen molar-refractivity contribution in [2.75, 3.05) is 19.4 Å². The standard InChI is InChI=1S/C16H22N2O2/c1-3-10-18(13-6-4-5-7-13)16(19)14-11-12(17)8-9-15(14)20-2/h3,8-9,11,13H,1,4-7,10,17H2,2H3. The summed E-state index contributed by atoms with van der Waals surface area (Å²) in [6, 6.07) is 5.46. The molecule has 20 heavy (non-hydrogen) atoms. The fourth-order valence-electron chi connectivity index (χ4n) is 2.80. The Bertz CT molecular complexity index is 493.